The van der Waals surface area contributed by atoms with Crippen molar-refractivity contribution in [1.82, 2.24) is 5.32 Å². The lowest BCUT2D eigenvalue weighted by molar-refractivity contribution is -0.137. The quantitative estimate of drug-likeness (QED) is 0.862. The Morgan fingerprint density at radius 1 is 1.26 bits per heavy atom. The maximum atomic E-state index is 12.4. The highest BCUT2D eigenvalue weighted by Gasteiger charge is 2.29. The van der Waals surface area contributed by atoms with Gasteiger partial charge < -0.3 is 5.32 Å². The molecule has 0 amide bonds. The predicted molar refractivity (Wildman–Crippen MR) is 67.9 cm³/mol. The van der Waals surface area contributed by atoms with Gasteiger partial charge in [-0.1, -0.05) is 19.1 Å². The molecule has 1 unspecified atom stereocenters. The lowest BCUT2D eigenvalue weighted by Gasteiger charge is -2.10. The van der Waals surface area contributed by atoms with Gasteiger partial charge in [0, 0.05) is 12.5 Å². The maximum absolute atomic E-state index is 12.4. The van der Waals surface area contributed by atoms with E-state index in [2.05, 4.69) is 5.32 Å². The van der Waals surface area contributed by atoms with Gasteiger partial charge in [-0.15, -0.1) is 0 Å². The van der Waals surface area contributed by atoms with Gasteiger partial charge in [-0.05, 0) is 31.0 Å². The minimum atomic E-state index is -4.33. The van der Waals surface area contributed by atoms with Crippen molar-refractivity contribution in [2.45, 2.75) is 38.9 Å². The van der Waals surface area contributed by atoms with Crippen molar-refractivity contribution in [1.29, 1.82) is 0 Å². The molecule has 19 heavy (non-hydrogen) atoms. The van der Waals surface area contributed by atoms with Crippen LogP contribution in [0.15, 0.2) is 24.3 Å². The van der Waals surface area contributed by atoms with E-state index < -0.39 is 11.7 Å². The van der Waals surface area contributed by atoms with E-state index >= 15 is 0 Å². The number of alkyl halides is 3. The topological polar surface area (TPSA) is 29.1 Å². The number of nitrogens with one attached hydrogen (secondary N) is 1. The van der Waals surface area contributed by atoms with E-state index in [1.165, 1.54) is 12.1 Å². The Hall–Kier alpha value is -1.36. The van der Waals surface area contributed by atoms with E-state index in [0.717, 1.165) is 18.6 Å². The van der Waals surface area contributed by atoms with E-state index in [1.54, 1.807) is 0 Å². The predicted octanol–water partition coefficient (Wildman–Crippen LogP) is 3.21. The van der Waals surface area contributed by atoms with Gasteiger partial charge in [0.05, 0.1) is 12.1 Å². The zero-order chi connectivity index (χ0) is 14.5. The third-order valence-corrected chi connectivity index (χ3v) is 2.94. The van der Waals surface area contributed by atoms with E-state index in [4.69, 9.17) is 0 Å². The van der Waals surface area contributed by atoms with Crippen molar-refractivity contribution < 1.29 is 18.0 Å². The van der Waals surface area contributed by atoms with Crippen LogP contribution in [0.3, 0.4) is 0 Å². The molecule has 0 saturated heterocycles. The van der Waals surface area contributed by atoms with Crippen molar-refractivity contribution in [2.75, 3.05) is 6.54 Å². The summed E-state index contributed by atoms with van der Waals surface area (Å²) < 4.78 is 37.1. The molecule has 1 aromatic carbocycles. The highest BCUT2D eigenvalue weighted by molar-refractivity contribution is 5.82. The number of Topliss-reactive ketones (excluding diaryl/α,β-unsaturated/α-hetero) is 1. The molecule has 106 valence electrons. The van der Waals surface area contributed by atoms with E-state index in [-0.39, 0.29) is 24.8 Å². The Kier molecular flexibility index (Phi) is 5.54. The molecule has 0 bridgehead atoms. The van der Waals surface area contributed by atoms with Crippen LogP contribution in [-0.4, -0.2) is 18.4 Å². The van der Waals surface area contributed by atoms with Gasteiger partial charge in [-0.2, -0.15) is 13.2 Å². The summed E-state index contributed by atoms with van der Waals surface area (Å²) in [4.78, 5) is 11.6. The van der Waals surface area contributed by atoms with Crippen molar-refractivity contribution >= 4 is 5.78 Å². The zero-order valence-electron chi connectivity index (χ0n) is 11.1. The molecule has 0 saturated carbocycles. The minimum Gasteiger partial charge on any atom is -0.307 e. The van der Waals surface area contributed by atoms with E-state index in [9.17, 15) is 18.0 Å². The molecule has 0 aliphatic carbocycles. The first kappa shape index (κ1) is 15.7. The maximum Gasteiger partial charge on any atom is 0.416 e. The minimum absolute atomic E-state index is 0.0277. The normalized spacial score (nSPS) is 13.3. The second-order valence-electron chi connectivity index (χ2n) is 4.60. The largest absolute Gasteiger partial charge is 0.416 e. The first-order valence-corrected chi connectivity index (χ1v) is 6.24. The number of benzene rings is 1. The standard InChI is InChI=1S/C14H18F3NO/c1-3-10(2)18-9-13(19)8-11-4-6-12(7-5-11)14(15,16)17/h4-7,10,18H,3,8-9H2,1-2H3. The molecule has 0 aliphatic heterocycles. The first-order chi connectivity index (χ1) is 8.82. The van der Waals surface area contributed by atoms with Crippen LogP contribution in [0.25, 0.3) is 0 Å². The molecule has 1 atom stereocenters. The molecule has 1 rings (SSSR count). The Bertz CT molecular complexity index is 412. The second kappa shape index (κ2) is 6.70. The molecule has 1 N–H and O–H groups in total. The number of carbonyl (C=O) groups is 1. The fourth-order valence-electron chi connectivity index (χ4n) is 1.53. The molecule has 0 fully saturated rings. The summed E-state index contributed by atoms with van der Waals surface area (Å²) in [6.07, 6.45) is -3.25. The van der Waals surface area contributed by atoms with Crippen LogP contribution in [-0.2, 0) is 17.4 Å². The summed E-state index contributed by atoms with van der Waals surface area (Å²) in [5.74, 6) is -0.0277. The monoisotopic (exact) mass is 273 g/mol. The van der Waals surface area contributed by atoms with Crippen LogP contribution < -0.4 is 5.32 Å². The van der Waals surface area contributed by atoms with Gasteiger partial charge in [-0.3, -0.25) is 4.79 Å². The first-order valence-electron chi connectivity index (χ1n) is 6.24. The molecule has 2 nitrogen and oxygen atoms in total. The number of hydrogen-bond acceptors (Lipinski definition) is 2. The fourth-order valence-corrected chi connectivity index (χ4v) is 1.53. The Morgan fingerprint density at radius 2 is 1.84 bits per heavy atom. The molecule has 0 aliphatic rings. The van der Waals surface area contributed by atoms with Crippen LogP contribution in [0.4, 0.5) is 13.2 Å². The fraction of sp³-hybridized carbons (Fsp3) is 0.500. The van der Waals surface area contributed by atoms with Crippen LogP contribution in [0.2, 0.25) is 0 Å². The van der Waals surface area contributed by atoms with Gasteiger partial charge in [0.25, 0.3) is 0 Å². The Balaban J connectivity index is 2.51. The van der Waals surface area contributed by atoms with Gasteiger partial charge >= 0.3 is 6.18 Å². The van der Waals surface area contributed by atoms with Crippen molar-refractivity contribution in [3.8, 4) is 0 Å². The summed E-state index contributed by atoms with van der Waals surface area (Å²) >= 11 is 0. The molecule has 0 spiro atoms. The summed E-state index contributed by atoms with van der Waals surface area (Å²) in [5, 5.41) is 3.06. The van der Waals surface area contributed by atoms with Crippen molar-refractivity contribution in [3.05, 3.63) is 35.4 Å². The summed E-state index contributed by atoms with van der Waals surface area (Å²) in [6, 6.07) is 4.97. The number of rotatable bonds is 6. The third-order valence-electron chi connectivity index (χ3n) is 2.94. The van der Waals surface area contributed by atoms with Crippen LogP contribution in [0.5, 0.6) is 0 Å². The summed E-state index contributed by atoms with van der Waals surface area (Å²) in [6.45, 7) is 4.24. The van der Waals surface area contributed by atoms with Crippen LogP contribution in [0.1, 0.15) is 31.4 Å². The Morgan fingerprint density at radius 3 is 2.32 bits per heavy atom. The van der Waals surface area contributed by atoms with E-state index in [1.807, 2.05) is 13.8 Å². The number of hydrogen-bond donors (Lipinski definition) is 1. The zero-order valence-corrected chi connectivity index (χ0v) is 11.1. The molecule has 1 aromatic rings. The van der Waals surface area contributed by atoms with E-state index in [0.29, 0.717) is 5.56 Å². The summed E-state index contributed by atoms with van der Waals surface area (Å²) in [5.41, 5.74) is -0.0922. The third kappa shape index (κ3) is 5.42. The van der Waals surface area contributed by atoms with Gasteiger partial charge in [0.2, 0.25) is 0 Å². The second-order valence-corrected chi connectivity index (χ2v) is 4.60. The van der Waals surface area contributed by atoms with Crippen LogP contribution >= 0.6 is 0 Å². The average molecular weight is 273 g/mol. The lowest BCUT2D eigenvalue weighted by atomic mass is 10.1. The number of halogens is 3. The highest BCUT2D eigenvalue weighted by atomic mass is 19.4. The van der Waals surface area contributed by atoms with Gasteiger partial charge in [-0.25, -0.2) is 0 Å². The van der Waals surface area contributed by atoms with Gasteiger partial charge in [0.15, 0.2) is 5.78 Å². The van der Waals surface area contributed by atoms with Crippen molar-refractivity contribution in [3.63, 3.8) is 0 Å². The number of ketones is 1. The number of carbonyl (C=O) groups excluding carboxylic acids is 1. The molecule has 0 radical (unpaired) electrons. The Labute approximate surface area is 111 Å². The molecule has 0 heterocycles. The summed E-state index contributed by atoms with van der Waals surface area (Å²) in [7, 11) is 0. The lowest BCUT2D eigenvalue weighted by Crippen LogP contribution is -2.31. The smallest absolute Gasteiger partial charge is 0.307 e. The molecular weight excluding hydrogens is 255 g/mol. The molecule has 5 heteroatoms. The molecular formula is C14H18F3NO. The molecule has 0 aromatic heterocycles. The average Bonchev–Trinajstić information content (AvgIpc) is 2.35. The van der Waals surface area contributed by atoms with Crippen molar-refractivity contribution in [2.24, 2.45) is 0 Å². The SMILES string of the molecule is CCC(C)NCC(=O)Cc1ccc(C(F)(F)F)cc1. The van der Waals surface area contributed by atoms with Crippen LogP contribution in [0, 0.1) is 0 Å². The highest BCUT2D eigenvalue weighted by Crippen LogP contribution is 2.29. The van der Waals surface area contributed by atoms with Gasteiger partial charge in [0.1, 0.15) is 0 Å².